The summed E-state index contributed by atoms with van der Waals surface area (Å²) in [5, 5.41) is 6.93. The Labute approximate surface area is 76.8 Å². The van der Waals surface area contributed by atoms with Gasteiger partial charge in [0.25, 0.3) is 0 Å². The molecule has 4 heteroatoms. The Morgan fingerprint density at radius 3 is 2.75 bits per heavy atom. The summed E-state index contributed by atoms with van der Waals surface area (Å²) in [5.41, 5.74) is 0. The monoisotopic (exact) mass is 190 g/mol. The van der Waals surface area contributed by atoms with Gasteiger partial charge >= 0.3 is 0 Å². The maximum absolute atomic E-state index is 11.0. The fourth-order valence-corrected chi connectivity index (χ4v) is 1.54. The molecule has 1 rings (SSSR count). The van der Waals surface area contributed by atoms with Crippen molar-refractivity contribution in [2.75, 3.05) is 25.9 Å². The number of hydrogen-bond donors (Lipinski definition) is 2. The van der Waals surface area contributed by atoms with Gasteiger partial charge in [-0.1, -0.05) is 6.92 Å². The minimum absolute atomic E-state index is 0.325. The van der Waals surface area contributed by atoms with Crippen molar-refractivity contribution in [2.45, 2.75) is 24.6 Å². The van der Waals surface area contributed by atoms with Crippen molar-refractivity contribution in [3.8, 4) is 0 Å². The van der Waals surface area contributed by atoms with Crippen LogP contribution in [-0.2, 0) is 10.8 Å². The van der Waals surface area contributed by atoms with E-state index in [1.165, 1.54) is 0 Å². The van der Waals surface area contributed by atoms with E-state index in [-0.39, 0.29) is 0 Å². The van der Waals surface area contributed by atoms with Crippen LogP contribution in [0.3, 0.4) is 0 Å². The highest BCUT2D eigenvalue weighted by Gasteiger charge is 2.15. The Balaban J connectivity index is 1.97. The van der Waals surface area contributed by atoms with E-state index in [9.17, 15) is 4.21 Å². The van der Waals surface area contributed by atoms with Crippen LogP contribution in [0, 0.1) is 0 Å². The third-order valence-electron chi connectivity index (χ3n) is 2.33. The first-order chi connectivity index (χ1) is 5.70. The Morgan fingerprint density at radius 2 is 2.33 bits per heavy atom. The first-order valence-corrected chi connectivity index (χ1v) is 6.08. The van der Waals surface area contributed by atoms with Crippen molar-refractivity contribution in [3.63, 3.8) is 0 Å². The highest BCUT2D eigenvalue weighted by atomic mass is 32.2. The fourth-order valence-electron chi connectivity index (χ4n) is 1.09. The van der Waals surface area contributed by atoms with Gasteiger partial charge in [-0.15, -0.1) is 0 Å². The van der Waals surface area contributed by atoms with Crippen LogP contribution in [0.25, 0.3) is 0 Å². The van der Waals surface area contributed by atoms with Crippen LogP contribution in [0.15, 0.2) is 0 Å². The van der Waals surface area contributed by atoms with Crippen LogP contribution in [0.4, 0.5) is 0 Å². The molecule has 0 aromatic rings. The zero-order valence-electron chi connectivity index (χ0n) is 7.80. The molecule has 2 atom stereocenters. The smallest absolute Gasteiger partial charge is 0.0329 e. The summed E-state index contributed by atoms with van der Waals surface area (Å²) < 4.78 is 11.0. The van der Waals surface area contributed by atoms with Crippen molar-refractivity contribution < 1.29 is 4.21 Å². The highest BCUT2D eigenvalue weighted by Crippen LogP contribution is 1.98. The predicted molar refractivity (Wildman–Crippen MR) is 52.8 cm³/mol. The van der Waals surface area contributed by atoms with E-state index in [1.807, 2.05) is 6.92 Å². The SMILES string of the molecule is CC(CCNC1CNC1)S(C)=O. The zero-order valence-corrected chi connectivity index (χ0v) is 8.62. The molecule has 72 valence electrons. The molecule has 1 aliphatic rings. The molecule has 1 saturated heterocycles. The second kappa shape index (κ2) is 4.94. The van der Waals surface area contributed by atoms with Crippen molar-refractivity contribution in [1.29, 1.82) is 0 Å². The third-order valence-corrected chi connectivity index (χ3v) is 3.70. The van der Waals surface area contributed by atoms with Crippen LogP contribution >= 0.6 is 0 Å². The van der Waals surface area contributed by atoms with Gasteiger partial charge in [-0.3, -0.25) is 4.21 Å². The van der Waals surface area contributed by atoms with Gasteiger partial charge in [0.15, 0.2) is 0 Å². The number of hydrogen-bond acceptors (Lipinski definition) is 3. The van der Waals surface area contributed by atoms with E-state index < -0.39 is 10.8 Å². The molecule has 0 amide bonds. The molecule has 1 heterocycles. The van der Waals surface area contributed by atoms with E-state index >= 15 is 0 Å². The molecule has 1 aliphatic heterocycles. The molecule has 1 fully saturated rings. The van der Waals surface area contributed by atoms with Crippen molar-refractivity contribution in [3.05, 3.63) is 0 Å². The van der Waals surface area contributed by atoms with E-state index in [2.05, 4.69) is 10.6 Å². The maximum Gasteiger partial charge on any atom is 0.0329 e. The number of nitrogens with one attached hydrogen (secondary N) is 2. The summed E-state index contributed by atoms with van der Waals surface area (Å²) in [6.45, 7) is 5.21. The van der Waals surface area contributed by atoms with Crippen molar-refractivity contribution >= 4 is 10.8 Å². The normalized spacial score (nSPS) is 23.2. The molecule has 12 heavy (non-hydrogen) atoms. The molecule has 0 bridgehead atoms. The standard InChI is InChI=1S/C8H18N2OS/c1-7(12(2)11)3-4-10-8-5-9-6-8/h7-10H,3-6H2,1-2H3. The lowest BCUT2D eigenvalue weighted by Crippen LogP contribution is -2.55. The molecule has 0 aromatic heterocycles. The van der Waals surface area contributed by atoms with E-state index in [4.69, 9.17) is 0 Å². The van der Waals surface area contributed by atoms with Gasteiger partial charge in [-0.05, 0) is 13.0 Å². The van der Waals surface area contributed by atoms with Crippen molar-refractivity contribution in [2.24, 2.45) is 0 Å². The van der Waals surface area contributed by atoms with E-state index in [1.54, 1.807) is 6.26 Å². The van der Waals surface area contributed by atoms with E-state index in [0.29, 0.717) is 11.3 Å². The molecule has 0 aliphatic carbocycles. The molecule has 0 aromatic carbocycles. The van der Waals surface area contributed by atoms with Gasteiger partial charge in [-0.25, -0.2) is 0 Å². The summed E-state index contributed by atoms with van der Waals surface area (Å²) in [6, 6.07) is 0.655. The Morgan fingerprint density at radius 1 is 1.67 bits per heavy atom. The van der Waals surface area contributed by atoms with Gasteiger partial charge in [0, 0.05) is 41.4 Å². The quantitative estimate of drug-likeness (QED) is 0.626. The first-order valence-electron chi connectivity index (χ1n) is 4.46. The minimum atomic E-state index is -0.665. The second-order valence-corrected chi connectivity index (χ2v) is 5.21. The molecule has 2 unspecified atom stereocenters. The summed E-state index contributed by atoms with van der Waals surface area (Å²) in [5.74, 6) is 0. The van der Waals surface area contributed by atoms with Crippen LogP contribution in [-0.4, -0.2) is 41.4 Å². The van der Waals surface area contributed by atoms with Gasteiger partial charge < -0.3 is 10.6 Å². The van der Waals surface area contributed by atoms with Crippen LogP contribution in [0.1, 0.15) is 13.3 Å². The molecule has 0 spiro atoms. The summed E-state index contributed by atoms with van der Waals surface area (Å²) in [4.78, 5) is 0. The van der Waals surface area contributed by atoms with E-state index in [0.717, 1.165) is 26.1 Å². The lowest BCUT2D eigenvalue weighted by atomic mass is 10.2. The molecular formula is C8H18N2OS. The summed E-state index contributed by atoms with van der Waals surface area (Å²) in [7, 11) is -0.665. The molecule has 0 radical (unpaired) electrons. The van der Waals surface area contributed by atoms with Crippen molar-refractivity contribution in [1.82, 2.24) is 10.6 Å². The predicted octanol–water partition coefficient (Wildman–Crippen LogP) is -0.295. The Bertz CT molecular complexity index is 159. The van der Waals surface area contributed by atoms with Gasteiger partial charge in [-0.2, -0.15) is 0 Å². The first kappa shape index (κ1) is 10.2. The minimum Gasteiger partial charge on any atom is -0.314 e. The largest absolute Gasteiger partial charge is 0.314 e. The molecule has 0 saturated carbocycles. The lowest BCUT2D eigenvalue weighted by Gasteiger charge is -2.28. The molecule has 2 N–H and O–H groups in total. The molecular weight excluding hydrogens is 172 g/mol. The molecule has 3 nitrogen and oxygen atoms in total. The Hall–Kier alpha value is 0.0700. The second-order valence-electron chi connectivity index (χ2n) is 3.41. The topological polar surface area (TPSA) is 41.1 Å². The lowest BCUT2D eigenvalue weighted by molar-refractivity contribution is 0.365. The summed E-state index contributed by atoms with van der Waals surface area (Å²) >= 11 is 0. The third kappa shape index (κ3) is 3.21. The van der Waals surface area contributed by atoms with Crippen LogP contribution in [0.5, 0.6) is 0 Å². The summed E-state index contributed by atoms with van der Waals surface area (Å²) in [6.07, 6.45) is 2.79. The average molecular weight is 190 g/mol. The van der Waals surface area contributed by atoms with Gasteiger partial charge in [0.05, 0.1) is 0 Å². The van der Waals surface area contributed by atoms with Crippen LogP contribution < -0.4 is 10.6 Å². The van der Waals surface area contributed by atoms with Gasteiger partial charge in [0.2, 0.25) is 0 Å². The number of rotatable bonds is 5. The fraction of sp³-hybridized carbons (Fsp3) is 1.00. The van der Waals surface area contributed by atoms with Gasteiger partial charge in [0.1, 0.15) is 0 Å². The highest BCUT2D eigenvalue weighted by molar-refractivity contribution is 7.84. The average Bonchev–Trinajstić information content (AvgIpc) is 1.93. The Kier molecular flexibility index (Phi) is 4.18. The maximum atomic E-state index is 11.0. The van der Waals surface area contributed by atoms with Crippen LogP contribution in [0.2, 0.25) is 0 Å². The zero-order chi connectivity index (χ0) is 8.97.